The highest BCUT2D eigenvalue weighted by Crippen LogP contribution is 2.19. The van der Waals surface area contributed by atoms with E-state index in [9.17, 15) is 9.59 Å². The summed E-state index contributed by atoms with van der Waals surface area (Å²) in [6, 6.07) is 18.4. The Labute approximate surface area is 164 Å². The third-order valence-corrected chi connectivity index (χ3v) is 4.75. The molecular formula is C21H25N2O3S. The molecule has 0 aliphatic heterocycles. The molecule has 0 aromatic heterocycles. The van der Waals surface area contributed by atoms with Gasteiger partial charge in [0.25, 0.3) is 0 Å². The molecule has 0 fully saturated rings. The lowest BCUT2D eigenvalue weighted by Gasteiger charge is -2.17. The zero-order valence-corrected chi connectivity index (χ0v) is 16.0. The van der Waals surface area contributed by atoms with Crippen LogP contribution in [0.25, 0.3) is 0 Å². The number of hydrogen-bond acceptors (Lipinski definition) is 5. The number of thioether (sulfide) groups is 1. The highest BCUT2D eigenvalue weighted by atomic mass is 32.2. The summed E-state index contributed by atoms with van der Waals surface area (Å²) in [6.07, 6.45) is 1.51. The van der Waals surface area contributed by atoms with Gasteiger partial charge in [0.1, 0.15) is 12.6 Å². The van der Waals surface area contributed by atoms with Gasteiger partial charge in [-0.1, -0.05) is 72.4 Å². The van der Waals surface area contributed by atoms with Gasteiger partial charge in [0.2, 0.25) is 5.12 Å². The van der Waals surface area contributed by atoms with Gasteiger partial charge in [0.05, 0.1) is 5.75 Å². The molecule has 143 valence electrons. The van der Waals surface area contributed by atoms with E-state index in [1.54, 1.807) is 5.75 Å². The molecule has 5 nitrogen and oxygen atoms in total. The van der Waals surface area contributed by atoms with Gasteiger partial charge in [-0.15, -0.1) is 0 Å². The van der Waals surface area contributed by atoms with Gasteiger partial charge in [-0.05, 0) is 36.9 Å². The van der Waals surface area contributed by atoms with E-state index in [0.29, 0.717) is 13.0 Å². The Hall–Kier alpha value is -2.31. The predicted molar refractivity (Wildman–Crippen MR) is 109 cm³/mol. The number of hydrogen-bond donors (Lipinski definition) is 2. The Morgan fingerprint density at radius 2 is 1.70 bits per heavy atom. The van der Waals surface area contributed by atoms with Crippen LogP contribution >= 0.6 is 11.8 Å². The standard InChI is InChI=1S/C21H25N2O3S/c22-14-8-7-13-19(20(24)27-16-18-11-5-2-6-12-18)23-21(25)26-15-17-9-3-1-4-10-17/h1-6,9-12,16,19H,7-8,13-15,22H2,(H,23,25)/t19-/m0/s1. The van der Waals surface area contributed by atoms with Crippen molar-refractivity contribution >= 4 is 23.0 Å². The second kappa shape index (κ2) is 12.1. The number of ether oxygens (including phenoxy) is 1. The molecule has 0 aliphatic carbocycles. The number of nitrogens with one attached hydrogen (secondary N) is 1. The molecule has 2 aromatic rings. The summed E-state index contributed by atoms with van der Waals surface area (Å²) in [5, 5.41) is 2.57. The minimum atomic E-state index is -0.607. The van der Waals surface area contributed by atoms with Crippen molar-refractivity contribution in [3.63, 3.8) is 0 Å². The summed E-state index contributed by atoms with van der Waals surface area (Å²) in [5.41, 5.74) is 7.37. The first kappa shape index (κ1) is 21.0. The van der Waals surface area contributed by atoms with E-state index in [1.807, 2.05) is 60.7 Å². The van der Waals surface area contributed by atoms with Gasteiger partial charge in [-0.3, -0.25) is 4.79 Å². The summed E-state index contributed by atoms with van der Waals surface area (Å²) < 4.78 is 5.23. The Balaban J connectivity index is 1.85. The molecule has 1 amide bonds. The number of alkyl carbamates (subject to hydrolysis) is 1. The van der Waals surface area contributed by atoms with Crippen LogP contribution in [0.3, 0.4) is 0 Å². The van der Waals surface area contributed by atoms with Crippen LogP contribution in [0.5, 0.6) is 0 Å². The molecule has 0 aliphatic rings. The van der Waals surface area contributed by atoms with E-state index in [0.717, 1.165) is 35.7 Å². The Morgan fingerprint density at radius 3 is 2.37 bits per heavy atom. The van der Waals surface area contributed by atoms with Crippen LogP contribution in [-0.4, -0.2) is 23.8 Å². The molecule has 0 heterocycles. The minimum Gasteiger partial charge on any atom is -0.445 e. The summed E-state index contributed by atoms with van der Waals surface area (Å²) in [6.45, 7) is 0.725. The lowest BCUT2D eigenvalue weighted by Crippen LogP contribution is -2.40. The van der Waals surface area contributed by atoms with Crippen LogP contribution in [0.2, 0.25) is 0 Å². The number of carbonyl (C=O) groups excluding carboxylic acids is 2. The lowest BCUT2D eigenvalue weighted by atomic mass is 10.1. The summed E-state index contributed by atoms with van der Waals surface area (Å²) in [5.74, 6) is 1.79. The molecule has 3 N–H and O–H groups in total. The van der Waals surface area contributed by atoms with Crippen molar-refractivity contribution in [2.24, 2.45) is 5.73 Å². The van der Waals surface area contributed by atoms with Crippen LogP contribution in [-0.2, 0) is 16.1 Å². The molecule has 1 radical (unpaired) electrons. The van der Waals surface area contributed by atoms with Gasteiger partial charge in [-0.25, -0.2) is 4.79 Å². The predicted octanol–water partition coefficient (Wildman–Crippen LogP) is 3.88. The maximum atomic E-state index is 12.6. The molecule has 1 atom stereocenters. The van der Waals surface area contributed by atoms with Crippen LogP contribution < -0.4 is 11.1 Å². The molecule has 2 aromatic carbocycles. The molecule has 0 saturated carbocycles. The summed E-state index contributed by atoms with van der Waals surface area (Å²) in [7, 11) is 0. The average Bonchev–Trinajstić information content (AvgIpc) is 2.71. The largest absolute Gasteiger partial charge is 0.445 e. The molecular weight excluding hydrogens is 360 g/mol. The molecule has 0 spiro atoms. The number of rotatable bonds is 10. The Kier molecular flexibility index (Phi) is 9.44. The van der Waals surface area contributed by atoms with Crippen LogP contribution in [0.15, 0.2) is 60.7 Å². The van der Waals surface area contributed by atoms with E-state index >= 15 is 0 Å². The van der Waals surface area contributed by atoms with Crippen molar-refractivity contribution in [1.82, 2.24) is 5.32 Å². The van der Waals surface area contributed by atoms with E-state index < -0.39 is 12.1 Å². The average molecular weight is 386 g/mol. The molecule has 0 bridgehead atoms. The molecule has 27 heavy (non-hydrogen) atoms. The monoisotopic (exact) mass is 385 g/mol. The normalized spacial score (nSPS) is 11.6. The number of nitrogens with two attached hydrogens (primary N) is 1. The first-order chi connectivity index (χ1) is 13.2. The second-order valence-electron chi connectivity index (χ2n) is 6.01. The smallest absolute Gasteiger partial charge is 0.408 e. The molecule has 0 unspecified atom stereocenters. The van der Waals surface area contributed by atoms with Crippen molar-refractivity contribution < 1.29 is 14.3 Å². The number of benzene rings is 2. The number of amides is 1. The SMILES string of the molecule is NCCCC[C@H](NC(=O)OCc1ccccc1)C(=O)S[CH]c1ccccc1. The molecule has 6 heteroatoms. The summed E-state index contributed by atoms with van der Waals surface area (Å²) in [4.78, 5) is 24.7. The Morgan fingerprint density at radius 1 is 1.04 bits per heavy atom. The molecule has 0 saturated heterocycles. The van der Waals surface area contributed by atoms with Crippen LogP contribution in [0.1, 0.15) is 30.4 Å². The van der Waals surface area contributed by atoms with Gasteiger partial charge in [0, 0.05) is 0 Å². The Bertz CT molecular complexity index is 695. The quantitative estimate of drug-likeness (QED) is 0.607. The van der Waals surface area contributed by atoms with Gasteiger partial charge in [0.15, 0.2) is 0 Å². The van der Waals surface area contributed by atoms with E-state index in [2.05, 4.69) is 5.32 Å². The van der Waals surface area contributed by atoms with Crippen LogP contribution in [0, 0.1) is 5.75 Å². The summed E-state index contributed by atoms with van der Waals surface area (Å²) >= 11 is 1.09. The van der Waals surface area contributed by atoms with E-state index in [1.165, 1.54) is 0 Å². The highest BCUT2D eigenvalue weighted by Gasteiger charge is 2.21. The van der Waals surface area contributed by atoms with Crippen molar-refractivity contribution in [3.05, 3.63) is 77.5 Å². The zero-order valence-electron chi connectivity index (χ0n) is 15.2. The van der Waals surface area contributed by atoms with Crippen molar-refractivity contribution in [1.29, 1.82) is 0 Å². The van der Waals surface area contributed by atoms with Gasteiger partial charge < -0.3 is 15.8 Å². The van der Waals surface area contributed by atoms with Crippen molar-refractivity contribution in [3.8, 4) is 0 Å². The first-order valence-electron chi connectivity index (χ1n) is 8.95. The fraction of sp³-hybridized carbons (Fsp3) is 0.286. The third-order valence-electron chi connectivity index (χ3n) is 3.85. The van der Waals surface area contributed by atoms with Crippen molar-refractivity contribution in [2.75, 3.05) is 6.54 Å². The van der Waals surface area contributed by atoms with E-state index in [-0.39, 0.29) is 11.7 Å². The maximum absolute atomic E-state index is 12.6. The zero-order chi connectivity index (χ0) is 19.3. The van der Waals surface area contributed by atoms with Crippen molar-refractivity contribution in [2.45, 2.75) is 31.9 Å². The fourth-order valence-electron chi connectivity index (χ4n) is 2.39. The number of carbonyl (C=O) groups is 2. The maximum Gasteiger partial charge on any atom is 0.408 e. The topological polar surface area (TPSA) is 81.4 Å². The van der Waals surface area contributed by atoms with Gasteiger partial charge >= 0.3 is 6.09 Å². The third kappa shape index (κ3) is 8.28. The molecule has 2 rings (SSSR count). The lowest BCUT2D eigenvalue weighted by molar-refractivity contribution is -0.112. The highest BCUT2D eigenvalue weighted by molar-refractivity contribution is 8.15. The first-order valence-corrected chi connectivity index (χ1v) is 9.83. The van der Waals surface area contributed by atoms with E-state index in [4.69, 9.17) is 10.5 Å². The van der Waals surface area contributed by atoms with Crippen LogP contribution in [0.4, 0.5) is 4.79 Å². The second-order valence-corrected chi connectivity index (χ2v) is 6.88. The fourth-order valence-corrected chi connectivity index (χ4v) is 3.14. The van der Waals surface area contributed by atoms with Gasteiger partial charge in [-0.2, -0.15) is 0 Å². The number of unbranched alkanes of at least 4 members (excludes halogenated alkanes) is 1. The minimum absolute atomic E-state index is 0.118.